The number of H-pyrrole nitrogens is 2. The van der Waals surface area contributed by atoms with Gasteiger partial charge in [-0.3, -0.25) is 24.8 Å². The van der Waals surface area contributed by atoms with Crippen molar-refractivity contribution in [3.05, 3.63) is 73.2 Å². The SMILES string of the molecule is O=C(Nc1cncc(-c2cc3c(-c4cc5c(-c6cc(O)cc(F)c6)cncc5[nH]4)n[nH]c3cn2)c1)C1CC1. The van der Waals surface area contributed by atoms with Gasteiger partial charge in [-0.2, -0.15) is 5.10 Å². The molecule has 0 aliphatic heterocycles. The van der Waals surface area contributed by atoms with Crippen molar-refractivity contribution in [3.8, 4) is 39.5 Å². The lowest BCUT2D eigenvalue weighted by atomic mass is 10.0. The zero-order valence-electron chi connectivity index (χ0n) is 19.9. The standard InChI is InChI=1S/C28H20FN7O2/c29-17-3-15(5-19(37)6-17)22-11-31-12-25-20(22)7-24(34-25)27-21-8-23(32-13-26(21)35-36-27)16-4-18(10-30-9-16)33-28(38)14-1-2-14/h3-14,34,37H,1-2H2,(H,33,38)(H,35,36). The molecule has 38 heavy (non-hydrogen) atoms. The highest BCUT2D eigenvalue weighted by Gasteiger charge is 2.29. The fraction of sp³-hybridized carbons (Fsp3) is 0.107. The molecule has 1 aliphatic carbocycles. The van der Waals surface area contributed by atoms with Crippen molar-refractivity contribution in [2.24, 2.45) is 5.92 Å². The molecule has 0 saturated heterocycles. The number of carbonyl (C=O) groups excluding carboxylic acids is 1. The smallest absolute Gasteiger partial charge is 0.227 e. The second-order valence-electron chi connectivity index (χ2n) is 9.44. The molecule has 0 bridgehead atoms. The minimum Gasteiger partial charge on any atom is -0.508 e. The number of anilines is 1. The first-order valence-electron chi connectivity index (χ1n) is 12.1. The summed E-state index contributed by atoms with van der Waals surface area (Å²) in [6, 6.07) is 9.64. The molecular formula is C28H20FN7O2. The molecule has 5 heterocycles. The number of aromatic amines is 2. The number of amides is 1. The van der Waals surface area contributed by atoms with Crippen LogP contribution in [0, 0.1) is 11.7 Å². The monoisotopic (exact) mass is 505 g/mol. The molecule has 1 aliphatic rings. The van der Waals surface area contributed by atoms with E-state index in [4.69, 9.17) is 0 Å². The number of aromatic hydroxyl groups is 1. The van der Waals surface area contributed by atoms with Gasteiger partial charge in [0.1, 0.15) is 17.3 Å². The molecule has 6 aromatic rings. The molecule has 5 aromatic heterocycles. The Hall–Kier alpha value is -5.12. The maximum atomic E-state index is 14.0. The quantitative estimate of drug-likeness (QED) is 0.247. The lowest BCUT2D eigenvalue weighted by molar-refractivity contribution is -0.117. The largest absolute Gasteiger partial charge is 0.508 e. The number of fused-ring (bicyclic) bond motifs is 2. The first-order valence-corrected chi connectivity index (χ1v) is 12.1. The Morgan fingerprint density at radius 2 is 1.79 bits per heavy atom. The number of nitrogens with zero attached hydrogens (tertiary/aromatic N) is 4. The summed E-state index contributed by atoms with van der Waals surface area (Å²) in [5, 5.41) is 22.0. The first-order chi connectivity index (χ1) is 18.5. The highest BCUT2D eigenvalue weighted by molar-refractivity contribution is 6.01. The van der Waals surface area contributed by atoms with Crippen LogP contribution in [-0.2, 0) is 4.79 Å². The van der Waals surface area contributed by atoms with Crippen LogP contribution >= 0.6 is 0 Å². The van der Waals surface area contributed by atoms with E-state index >= 15 is 0 Å². The zero-order chi connectivity index (χ0) is 25.8. The molecule has 186 valence electrons. The Kier molecular flexibility index (Phi) is 4.93. The van der Waals surface area contributed by atoms with Crippen LogP contribution < -0.4 is 5.32 Å². The number of phenols is 1. The Morgan fingerprint density at radius 3 is 2.63 bits per heavy atom. The van der Waals surface area contributed by atoms with Crippen LogP contribution in [-0.4, -0.2) is 41.1 Å². The van der Waals surface area contributed by atoms with E-state index in [1.165, 1.54) is 12.1 Å². The summed E-state index contributed by atoms with van der Waals surface area (Å²) in [7, 11) is 0. The molecular weight excluding hydrogens is 485 g/mol. The molecule has 0 atom stereocenters. The Bertz CT molecular complexity index is 1850. The van der Waals surface area contributed by atoms with Crippen LogP contribution in [0.5, 0.6) is 5.75 Å². The number of benzene rings is 1. The van der Waals surface area contributed by atoms with E-state index in [0.717, 1.165) is 52.0 Å². The summed E-state index contributed by atoms with van der Waals surface area (Å²) in [5.74, 6) is -0.570. The Labute approximate surface area is 214 Å². The highest BCUT2D eigenvalue weighted by Crippen LogP contribution is 2.36. The third-order valence-corrected chi connectivity index (χ3v) is 6.69. The van der Waals surface area contributed by atoms with Gasteiger partial charge in [-0.15, -0.1) is 0 Å². The average Bonchev–Trinajstić information content (AvgIpc) is 3.54. The van der Waals surface area contributed by atoms with E-state index in [2.05, 4.69) is 35.5 Å². The minimum atomic E-state index is -0.531. The predicted octanol–water partition coefficient (Wildman–Crippen LogP) is 5.42. The first kappa shape index (κ1) is 22.1. The van der Waals surface area contributed by atoms with E-state index in [9.17, 15) is 14.3 Å². The lowest BCUT2D eigenvalue weighted by Crippen LogP contribution is -2.13. The van der Waals surface area contributed by atoms with Crippen LogP contribution in [0.25, 0.3) is 55.6 Å². The maximum Gasteiger partial charge on any atom is 0.227 e. The lowest BCUT2D eigenvalue weighted by Gasteiger charge is -2.06. The normalized spacial score (nSPS) is 13.3. The summed E-state index contributed by atoms with van der Waals surface area (Å²) >= 11 is 0. The van der Waals surface area contributed by atoms with Crippen molar-refractivity contribution in [2.45, 2.75) is 12.8 Å². The van der Waals surface area contributed by atoms with Crippen molar-refractivity contribution in [1.29, 1.82) is 0 Å². The molecule has 7 rings (SSSR count). The van der Waals surface area contributed by atoms with E-state index < -0.39 is 5.82 Å². The fourth-order valence-electron chi connectivity index (χ4n) is 4.66. The van der Waals surface area contributed by atoms with E-state index in [1.807, 2.05) is 18.2 Å². The summed E-state index contributed by atoms with van der Waals surface area (Å²) < 4.78 is 14.0. The number of hydrogen-bond acceptors (Lipinski definition) is 6. The number of rotatable bonds is 5. The Morgan fingerprint density at radius 1 is 0.921 bits per heavy atom. The van der Waals surface area contributed by atoms with E-state index in [1.54, 1.807) is 31.0 Å². The summed E-state index contributed by atoms with van der Waals surface area (Å²) in [6.45, 7) is 0. The van der Waals surface area contributed by atoms with E-state index in [0.29, 0.717) is 28.2 Å². The van der Waals surface area contributed by atoms with Crippen molar-refractivity contribution < 1.29 is 14.3 Å². The van der Waals surface area contributed by atoms with Crippen molar-refractivity contribution in [1.82, 2.24) is 30.1 Å². The highest BCUT2D eigenvalue weighted by atomic mass is 19.1. The van der Waals surface area contributed by atoms with E-state index in [-0.39, 0.29) is 17.6 Å². The third-order valence-electron chi connectivity index (χ3n) is 6.69. The molecule has 1 fully saturated rings. The number of pyridine rings is 3. The molecule has 0 unspecified atom stereocenters. The van der Waals surface area contributed by atoms with Gasteiger partial charge in [0.2, 0.25) is 5.91 Å². The third kappa shape index (κ3) is 3.92. The van der Waals surface area contributed by atoms with Crippen molar-refractivity contribution >= 4 is 33.4 Å². The number of nitrogens with one attached hydrogen (secondary N) is 3. The number of carbonyl (C=O) groups is 1. The molecule has 9 nitrogen and oxygen atoms in total. The summed E-state index contributed by atoms with van der Waals surface area (Å²) in [5.41, 5.74) is 6.19. The number of aromatic nitrogens is 6. The number of hydrogen-bond donors (Lipinski definition) is 4. The van der Waals surface area contributed by atoms with Crippen LogP contribution in [0.1, 0.15) is 12.8 Å². The Balaban J connectivity index is 1.29. The van der Waals surface area contributed by atoms with Gasteiger partial charge in [-0.1, -0.05) is 0 Å². The number of halogens is 1. The van der Waals surface area contributed by atoms with Gasteiger partial charge < -0.3 is 15.4 Å². The molecule has 0 radical (unpaired) electrons. The van der Waals surface area contributed by atoms with Crippen LogP contribution in [0.15, 0.2) is 67.4 Å². The topological polar surface area (TPSA) is 132 Å². The molecule has 10 heteroatoms. The summed E-state index contributed by atoms with van der Waals surface area (Å²) in [6.07, 6.45) is 10.2. The molecule has 0 spiro atoms. The van der Waals surface area contributed by atoms with Gasteiger partial charge in [0.05, 0.1) is 46.7 Å². The maximum absolute atomic E-state index is 14.0. The molecule has 1 amide bonds. The fourth-order valence-corrected chi connectivity index (χ4v) is 4.66. The minimum absolute atomic E-state index is 0.0191. The van der Waals surface area contributed by atoms with Gasteiger partial charge in [-0.25, -0.2) is 4.39 Å². The van der Waals surface area contributed by atoms with Crippen LogP contribution in [0.3, 0.4) is 0 Å². The average molecular weight is 506 g/mol. The zero-order valence-corrected chi connectivity index (χ0v) is 19.9. The van der Waals surface area contributed by atoms with Gasteiger partial charge >= 0.3 is 0 Å². The second kappa shape index (κ2) is 8.48. The van der Waals surface area contributed by atoms with Crippen LogP contribution in [0.2, 0.25) is 0 Å². The second-order valence-corrected chi connectivity index (χ2v) is 9.44. The molecule has 1 saturated carbocycles. The predicted molar refractivity (Wildman–Crippen MR) is 141 cm³/mol. The molecule has 1 aromatic carbocycles. The van der Waals surface area contributed by atoms with Gasteiger partial charge in [-0.05, 0) is 48.7 Å². The van der Waals surface area contributed by atoms with Gasteiger partial charge in [0.15, 0.2) is 0 Å². The number of phenolic OH excluding ortho intramolecular Hbond substituents is 1. The van der Waals surface area contributed by atoms with Crippen LogP contribution in [0.4, 0.5) is 10.1 Å². The van der Waals surface area contributed by atoms with Gasteiger partial charge in [0, 0.05) is 46.3 Å². The van der Waals surface area contributed by atoms with Crippen molar-refractivity contribution in [2.75, 3.05) is 5.32 Å². The molecule has 4 N–H and O–H groups in total. The summed E-state index contributed by atoms with van der Waals surface area (Å²) in [4.78, 5) is 28.7. The van der Waals surface area contributed by atoms with Gasteiger partial charge in [0.25, 0.3) is 0 Å². The van der Waals surface area contributed by atoms with Crippen molar-refractivity contribution in [3.63, 3.8) is 0 Å².